The molecule has 0 aliphatic heterocycles. The van der Waals surface area contributed by atoms with Crippen molar-refractivity contribution in [1.82, 2.24) is 9.88 Å². The van der Waals surface area contributed by atoms with Crippen LogP contribution in [0.4, 0.5) is 5.69 Å². The summed E-state index contributed by atoms with van der Waals surface area (Å²) in [6.45, 7) is 9.33. The number of benzene rings is 2. The quantitative estimate of drug-likeness (QED) is 0.661. The Kier molecular flexibility index (Phi) is 3.84. The highest BCUT2D eigenvalue weighted by Gasteiger charge is 2.40. The summed E-state index contributed by atoms with van der Waals surface area (Å²) in [5.41, 5.74) is 4.61. The van der Waals surface area contributed by atoms with Crippen LogP contribution in [0.2, 0.25) is 0 Å². The summed E-state index contributed by atoms with van der Waals surface area (Å²) in [5, 5.41) is 1.22. The van der Waals surface area contributed by atoms with Gasteiger partial charge in [0, 0.05) is 24.8 Å². The predicted octanol–water partition coefficient (Wildman–Crippen LogP) is 4.95. The van der Waals surface area contributed by atoms with E-state index in [-0.39, 0.29) is 0 Å². The highest BCUT2D eigenvalue weighted by molar-refractivity contribution is 5.87. The summed E-state index contributed by atoms with van der Waals surface area (Å²) in [7, 11) is 2.20. The van der Waals surface area contributed by atoms with Crippen LogP contribution in [0.3, 0.4) is 0 Å². The van der Waals surface area contributed by atoms with Crippen LogP contribution in [0.15, 0.2) is 54.7 Å². The molecule has 1 aliphatic rings. The summed E-state index contributed by atoms with van der Waals surface area (Å²) in [6, 6.07) is 16.6. The van der Waals surface area contributed by atoms with Gasteiger partial charge in [-0.2, -0.15) is 0 Å². The van der Waals surface area contributed by atoms with Crippen molar-refractivity contribution in [3.8, 4) is 0 Å². The van der Waals surface area contributed by atoms with Crippen molar-refractivity contribution in [2.24, 2.45) is 5.92 Å². The van der Waals surface area contributed by atoms with Gasteiger partial charge in [-0.25, -0.2) is 4.85 Å². The van der Waals surface area contributed by atoms with Crippen molar-refractivity contribution in [1.29, 1.82) is 0 Å². The fourth-order valence-corrected chi connectivity index (χ4v) is 3.70. The molecule has 0 bridgehead atoms. The zero-order chi connectivity index (χ0) is 16.5. The monoisotopic (exact) mass is 315 g/mol. The molecule has 0 radical (unpaired) electrons. The maximum Gasteiger partial charge on any atom is 0.187 e. The van der Waals surface area contributed by atoms with Crippen molar-refractivity contribution in [2.45, 2.75) is 18.9 Å². The predicted molar refractivity (Wildman–Crippen MR) is 98.2 cm³/mol. The Balaban J connectivity index is 1.44. The lowest BCUT2D eigenvalue weighted by Gasteiger charge is -2.16. The van der Waals surface area contributed by atoms with Crippen LogP contribution in [-0.4, -0.2) is 23.5 Å². The van der Waals surface area contributed by atoms with Crippen LogP contribution in [0.1, 0.15) is 23.5 Å². The first-order valence-electron chi connectivity index (χ1n) is 8.45. The molecule has 3 nitrogen and oxygen atoms in total. The molecule has 120 valence electrons. The molecule has 2 aromatic carbocycles. The van der Waals surface area contributed by atoms with Gasteiger partial charge in [0.05, 0.1) is 6.57 Å². The molecule has 0 saturated heterocycles. The number of aromatic nitrogens is 1. The van der Waals surface area contributed by atoms with Gasteiger partial charge in [0.15, 0.2) is 5.69 Å². The van der Waals surface area contributed by atoms with Crippen molar-refractivity contribution in [3.63, 3.8) is 0 Å². The van der Waals surface area contributed by atoms with Gasteiger partial charge in [-0.15, -0.1) is 0 Å². The van der Waals surface area contributed by atoms with Crippen LogP contribution in [0, 0.1) is 12.5 Å². The zero-order valence-corrected chi connectivity index (χ0v) is 13.9. The molecule has 0 amide bonds. The number of hydrogen-bond donors (Lipinski definition) is 1. The average Bonchev–Trinajstić information content (AvgIpc) is 3.22. The van der Waals surface area contributed by atoms with E-state index in [0.29, 0.717) is 11.8 Å². The molecule has 1 saturated carbocycles. The fraction of sp³-hybridized carbons (Fsp3) is 0.286. The molecular formula is C21H21N3. The van der Waals surface area contributed by atoms with Gasteiger partial charge in [0.25, 0.3) is 0 Å². The Morgan fingerprint density at radius 1 is 1.21 bits per heavy atom. The number of fused-ring (bicyclic) bond motifs is 1. The van der Waals surface area contributed by atoms with E-state index in [4.69, 9.17) is 6.57 Å². The minimum atomic E-state index is 0.623. The van der Waals surface area contributed by atoms with E-state index in [0.717, 1.165) is 24.3 Å². The van der Waals surface area contributed by atoms with E-state index in [1.54, 1.807) is 0 Å². The third-order valence-corrected chi connectivity index (χ3v) is 4.99. The maximum absolute atomic E-state index is 7.21. The Hall–Kier alpha value is -2.57. The van der Waals surface area contributed by atoms with Gasteiger partial charge in [-0.05, 0) is 54.0 Å². The second-order valence-electron chi connectivity index (χ2n) is 6.87. The molecule has 1 aliphatic carbocycles. The lowest BCUT2D eigenvalue weighted by molar-refractivity contribution is 0.311. The minimum Gasteiger partial charge on any atom is -0.361 e. The molecule has 2 unspecified atom stereocenters. The molecular weight excluding hydrogens is 294 g/mol. The van der Waals surface area contributed by atoms with Crippen LogP contribution in [0.25, 0.3) is 15.7 Å². The first-order valence-corrected chi connectivity index (χ1v) is 8.45. The van der Waals surface area contributed by atoms with E-state index in [1.165, 1.54) is 22.9 Å². The SMILES string of the molecule is [C-]#[N+]c1ccc2[nH]cc(C3CC3CN(C)Cc3ccccc3)c2c1. The minimum absolute atomic E-state index is 0.623. The molecule has 0 spiro atoms. The molecule has 1 fully saturated rings. The number of nitrogens with one attached hydrogen (secondary N) is 1. The number of aromatic amines is 1. The lowest BCUT2D eigenvalue weighted by atomic mass is 10.1. The van der Waals surface area contributed by atoms with Gasteiger partial charge in [0.2, 0.25) is 0 Å². The standard InChI is InChI=1S/C21H21N3/c1-22-17-8-9-21-19(11-17)20(12-23-21)18-10-16(18)14-24(2)13-15-6-4-3-5-7-15/h3-9,11-12,16,18,23H,10,13-14H2,2H3. The van der Waals surface area contributed by atoms with E-state index < -0.39 is 0 Å². The maximum atomic E-state index is 7.21. The van der Waals surface area contributed by atoms with Gasteiger partial charge in [0.1, 0.15) is 0 Å². The number of hydrogen-bond acceptors (Lipinski definition) is 1. The summed E-state index contributed by atoms with van der Waals surface area (Å²) in [4.78, 5) is 9.34. The third-order valence-electron chi connectivity index (χ3n) is 4.99. The second-order valence-corrected chi connectivity index (χ2v) is 6.87. The molecule has 4 rings (SSSR count). The van der Waals surface area contributed by atoms with Crippen LogP contribution >= 0.6 is 0 Å². The van der Waals surface area contributed by atoms with Crippen LogP contribution in [-0.2, 0) is 6.54 Å². The summed E-state index contributed by atoms with van der Waals surface area (Å²) < 4.78 is 0. The van der Waals surface area contributed by atoms with Crippen molar-refractivity contribution in [3.05, 3.63) is 77.3 Å². The third kappa shape index (κ3) is 2.93. The topological polar surface area (TPSA) is 23.4 Å². The second kappa shape index (κ2) is 6.14. The molecule has 1 aromatic heterocycles. The van der Waals surface area contributed by atoms with Gasteiger partial charge in [-0.1, -0.05) is 36.4 Å². The average molecular weight is 315 g/mol. The summed E-state index contributed by atoms with van der Waals surface area (Å²) >= 11 is 0. The smallest absolute Gasteiger partial charge is 0.187 e. The van der Waals surface area contributed by atoms with Gasteiger partial charge in [-0.3, -0.25) is 0 Å². The van der Waals surface area contributed by atoms with E-state index >= 15 is 0 Å². The van der Waals surface area contributed by atoms with E-state index in [9.17, 15) is 0 Å². The van der Waals surface area contributed by atoms with Crippen LogP contribution in [0.5, 0.6) is 0 Å². The van der Waals surface area contributed by atoms with E-state index in [2.05, 4.69) is 58.3 Å². The molecule has 2 atom stereocenters. The number of nitrogens with zero attached hydrogens (tertiary/aromatic N) is 2. The Labute approximate surface area is 142 Å². The Bertz CT molecular complexity index is 888. The Morgan fingerprint density at radius 3 is 2.83 bits per heavy atom. The largest absolute Gasteiger partial charge is 0.361 e. The van der Waals surface area contributed by atoms with Crippen LogP contribution < -0.4 is 0 Å². The van der Waals surface area contributed by atoms with Crippen molar-refractivity contribution in [2.75, 3.05) is 13.6 Å². The first-order chi connectivity index (χ1) is 11.7. The van der Waals surface area contributed by atoms with E-state index in [1.807, 2.05) is 18.2 Å². The molecule has 1 N–H and O–H groups in total. The highest BCUT2D eigenvalue weighted by atomic mass is 15.1. The molecule has 3 aromatic rings. The van der Waals surface area contributed by atoms with Crippen molar-refractivity contribution >= 4 is 16.6 Å². The first kappa shape index (κ1) is 15.0. The number of H-pyrrole nitrogens is 1. The highest BCUT2D eigenvalue weighted by Crippen LogP contribution is 2.50. The summed E-state index contributed by atoms with van der Waals surface area (Å²) in [5.74, 6) is 1.34. The summed E-state index contributed by atoms with van der Waals surface area (Å²) in [6.07, 6.45) is 3.38. The van der Waals surface area contributed by atoms with Gasteiger partial charge >= 0.3 is 0 Å². The fourth-order valence-electron chi connectivity index (χ4n) is 3.70. The van der Waals surface area contributed by atoms with Gasteiger partial charge < -0.3 is 9.88 Å². The lowest BCUT2D eigenvalue weighted by Crippen LogP contribution is -2.20. The van der Waals surface area contributed by atoms with Crippen molar-refractivity contribution < 1.29 is 0 Å². The molecule has 24 heavy (non-hydrogen) atoms. The normalized spacial score (nSPS) is 19.5. The molecule has 1 heterocycles. The Morgan fingerprint density at radius 2 is 2.04 bits per heavy atom. The molecule has 3 heteroatoms. The number of rotatable bonds is 5. The zero-order valence-electron chi connectivity index (χ0n) is 13.9.